The van der Waals surface area contributed by atoms with Crippen LogP contribution in [0.25, 0.3) is 0 Å². The third kappa shape index (κ3) is 1.99. The van der Waals surface area contributed by atoms with Gasteiger partial charge in [0.2, 0.25) is 10.0 Å². The van der Waals surface area contributed by atoms with Crippen LogP contribution in [0, 0.1) is 0 Å². The number of hydrogen-bond donors (Lipinski definition) is 1. The normalized spacial score (nSPS) is 17.7. The summed E-state index contributed by atoms with van der Waals surface area (Å²) < 4.78 is 50.5. The van der Waals surface area contributed by atoms with E-state index >= 15 is 0 Å². The van der Waals surface area contributed by atoms with Gasteiger partial charge in [-0.2, -0.15) is 8.42 Å². The van der Waals surface area contributed by atoms with Crippen molar-refractivity contribution in [3.8, 4) is 0 Å². The first-order valence-electron chi connectivity index (χ1n) is 4.97. The SMILES string of the molecule is CN1c2ccc(NS(C)(=O)=O)cc2N(C)S1(=O)=O. The lowest BCUT2D eigenvalue weighted by atomic mass is 10.2. The van der Waals surface area contributed by atoms with Crippen LogP contribution in [-0.4, -0.2) is 37.2 Å². The molecule has 9 heteroatoms. The lowest BCUT2D eigenvalue weighted by Gasteiger charge is -2.13. The maximum Gasteiger partial charge on any atom is 0.326 e. The van der Waals surface area contributed by atoms with Gasteiger partial charge in [-0.05, 0) is 18.2 Å². The zero-order valence-corrected chi connectivity index (χ0v) is 11.7. The van der Waals surface area contributed by atoms with Gasteiger partial charge < -0.3 is 0 Å². The predicted octanol–water partition coefficient (Wildman–Crippen LogP) is 0.189. The van der Waals surface area contributed by atoms with Crippen molar-refractivity contribution in [3.63, 3.8) is 0 Å². The fourth-order valence-electron chi connectivity index (χ4n) is 1.75. The zero-order valence-electron chi connectivity index (χ0n) is 10.1. The van der Waals surface area contributed by atoms with Gasteiger partial charge in [0, 0.05) is 14.1 Å². The van der Waals surface area contributed by atoms with Crippen LogP contribution in [0.3, 0.4) is 0 Å². The van der Waals surface area contributed by atoms with Gasteiger partial charge in [0.25, 0.3) is 0 Å². The molecule has 1 heterocycles. The summed E-state index contributed by atoms with van der Waals surface area (Å²) in [5.74, 6) is 0. The highest BCUT2D eigenvalue weighted by molar-refractivity contribution is 7.94. The van der Waals surface area contributed by atoms with Crippen LogP contribution >= 0.6 is 0 Å². The maximum absolute atomic E-state index is 11.9. The highest BCUT2D eigenvalue weighted by Gasteiger charge is 2.35. The van der Waals surface area contributed by atoms with Gasteiger partial charge in [-0.1, -0.05) is 0 Å². The molecule has 1 N–H and O–H groups in total. The van der Waals surface area contributed by atoms with E-state index in [4.69, 9.17) is 0 Å². The van der Waals surface area contributed by atoms with E-state index in [1.165, 1.54) is 26.2 Å². The molecule has 100 valence electrons. The molecule has 1 aliphatic heterocycles. The number of rotatable bonds is 2. The van der Waals surface area contributed by atoms with Crippen molar-refractivity contribution in [2.24, 2.45) is 0 Å². The van der Waals surface area contributed by atoms with Crippen LogP contribution in [0.5, 0.6) is 0 Å². The molecule has 0 saturated carbocycles. The van der Waals surface area contributed by atoms with Gasteiger partial charge in [0.15, 0.2) is 0 Å². The van der Waals surface area contributed by atoms with Crippen molar-refractivity contribution in [3.05, 3.63) is 18.2 Å². The Bertz CT molecular complexity index is 697. The summed E-state index contributed by atoms with van der Waals surface area (Å²) in [6.45, 7) is 0. The van der Waals surface area contributed by atoms with E-state index in [1.807, 2.05) is 0 Å². The van der Waals surface area contributed by atoms with Crippen molar-refractivity contribution in [2.45, 2.75) is 0 Å². The molecule has 0 spiro atoms. The predicted molar refractivity (Wildman–Crippen MR) is 70.6 cm³/mol. The van der Waals surface area contributed by atoms with Gasteiger partial charge in [-0.25, -0.2) is 8.42 Å². The minimum Gasteiger partial charge on any atom is -0.284 e. The van der Waals surface area contributed by atoms with Crippen LogP contribution in [0.15, 0.2) is 18.2 Å². The Morgan fingerprint density at radius 3 is 2.22 bits per heavy atom. The molecule has 0 aliphatic carbocycles. The summed E-state index contributed by atoms with van der Waals surface area (Å²) in [4.78, 5) is 0. The van der Waals surface area contributed by atoms with Crippen molar-refractivity contribution in [2.75, 3.05) is 33.7 Å². The molecule has 1 aromatic rings. The average Bonchev–Trinajstić information content (AvgIpc) is 2.39. The zero-order chi connectivity index (χ0) is 13.7. The van der Waals surface area contributed by atoms with Crippen LogP contribution < -0.4 is 13.3 Å². The smallest absolute Gasteiger partial charge is 0.284 e. The molecule has 0 atom stereocenters. The Balaban J connectivity index is 2.51. The molecule has 7 nitrogen and oxygen atoms in total. The second-order valence-corrected chi connectivity index (χ2v) is 7.76. The van der Waals surface area contributed by atoms with E-state index in [-0.39, 0.29) is 0 Å². The topological polar surface area (TPSA) is 86.8 Å². The number of fused-ring (bicyclic) bond motifs is 1. The highest BCUT2D eigenvalue weighted by atomic mass is 32.2. The second kappa shape index (κ2) is 3.75. The third-order valence-corrected chi connectivity index (χ3v) is 5.03. The summed E-state index contributed by atoms with van der Waals surface area (Å²) >= 11 is 0. The molecular formula is C9H13N3O4S2. The van der Waals surface area contributed by atoms with E-state index in [1.54, 1.807) is 6.07 Å². The van der Waals surface area contributed by atoms with Crippen molar-refractivity contribution in [1.29, 1.82) is 0 Å². The van der Waals surface area contributed by atoms with Gasteiger partial charge in [0.05, 0.1) is 23.3 Å². The average molecular weight is 291 g/mol. The molecule has 2 rings (SSSR count). The summed E-state index contributed by atoms with van der Waals surface area (Å²) in [7, 11) is -4.06. The fraction of sp³-hybridized carbons (Fsp3) is 0.333. The standard InChI is InChI=1S/C9H13N3O4S2/c1-11-8-5-4-7(10-17(3,13)14)6-9(8)12(2)18(11,15)16/h4-6,10H,1-3H3. The van der Waals surface area contributed by atoms with E-state index in [2.05, 4.69) is 4.72 Å². The van der Waals surface area contributed by atoms with Crippen molar-refractivity contribution in [1.82, 2.24) is 0 Å². The van der Waals surface area contributed by atoms with Gasteiger partial charge in [0.1, 0.15) is 0 Å². The van der Waals surface area contributed by atoms with Crippen molar-refractivity contribution < 1.29 is 16.8 Å². The fourth-order valence-corrected chi connectivity index (χ4v) is 3.47. The first-order chi connectivity index (χ1) is 8.13. The Morgan fingerprint density at radius 1 is 1.11 bits per heavy atom. The monoisotopic (exact) mass is 291 g/mol. The first-order valence-corrected chi connectivity index (χ1v) is 8.26. The van der Waals surface area contributed by atoms with E-state index in [0.717, 1.165) is 14.9 Å². The minimum atomic E-state index is -3.53. The molecule has 1 aliphatic rings. The van der Waals surface area contributed by atoms with E-state index in [9.17, 15) is 16.8 Å². The highest BCUT2D eigenvalue weighted by Crippen LogP contribution is 2.40. The van der Waals surface area contributed by atoms with Gasteiger partial charge >= 0.3 is 10.2 Å². The Morgan fingerprint density at radius 2 is 1.67 bits per heavy atom. The lowest BCUT2D eigenvalue weighted by Crippen LogP contribution is -2.32. The molecule has 0 saturated heterocycles. The van der Waals surface area contributed by atoms with E-state index < -0.39 is 20.2 Å². The third-order valence-electron chi connectivity index (χ3n) is 2.65. The molecule has 0 aromatic heterocycles. The summed E-state index contributed by atoms with van der Waals surface area (Å²) in [6.07, 6.45) is 1.03. The lowest BCUT2D eigenvalue weighted by molar-refractivity contribution is 0.595. The summed E-state index contributed by atoms with van der Waals surface area (Å²) in [5.41, 5.74) is 1.27. The van der Waals surface area contributed by atoms with Gasteiger partial charge in [-0.15, -0.1) is 0 Å². The molecule has 0 amide bonds. The van der Waals surface area contributed by atoms with Crippen molar-refractivity contribution >= 4 is 37.3 Å². The minimum absolute atomic E-state index is 0.327. The second-order valence-electron chi connectivity index (χ2n) is 4.02. The van der Waals surface area contributed by atoms with Gasteiger partial charge in [-0.3, -0.25) is 13.3 Å². The molecule has 0 fully saturated rings. The Labute approximate surface area is 106 Å². The number of benzene rings is 1. The van der Waals surface area contributed by atoms with Crippen LogP contribution in [-0.2, 0) is 20.2 Å². The number of anilines is 3. The molecule has 18 heavy (non-hydrogen) atoms. The molecule has 0 bridgehead atoms. The largest absolute Gasteiger partial charge is 0.326 e. The number of nitrogens with zero attached hydrogens (tertiary/aromatic N) is 2. The summed E-state index contributed by atoms with van der Waals surface area (Å²) in [6, 6.07) is 4.56. The van der Waals surface area contributed by atoms with Crippen LogP contribution in [0.2, 0.25) is 0 Å². The molecular weight excluding hydrogens is 278 g/mol. The number of hydrogen-bond acceptors (Lipinski definition) is 4. The number of sulfonamides is 1. The van der Waals surface area contributed by atoms with Crippen LogP contribution in [0.1, 0.15) is 0 Å². The van der Waals surface area contributed by atoms with E-state index in [0.29, 0.717) is 17.1 Å². The quantitative estimate of drug-likeness (QED) is 0.842. The molecule has 0 radical (unpaired) electrons. The summed E-state index contributed by atoms with van der Waals surface area (Å²) in [5, 5.41) is 0. The van der Waals surface area contributed by atoms with Crippen LogP contribution in [0.4, 0.5) is 17.1 Å². The molecule has 0 unspecified atom stereocenters. The Kier molecular flexibility index (Phi) is 2.70. The number of nitrogens with one attached hydrogen (secondary N) is 1. The first kappa shape index (κ1) is 13.0. The molecule has 1 aromatic carbocycles. The Hall–Kier alpha value is -1.48. The maximum atomic E-state index is 11.9.